The number of nitrogens with one attached hydrogen (secondary N) is 1. The van der Waals surface area contributed by atoms with E-state index in [1.807, 2.05) is 0 Å². The Kier molecular flexibility index (Phi) is 6.56. The first-order chi connectivity index (χ1) is 14.3. The minimum atomic E-state index is -3.93. The number of methoxy groups -OCH3 is 1. The Balaban J connectivity index is 1.77. The number of carbonyl (C=O) groups excluding carboxylic acids is 1. The first-order valence-electron chi connectivity index (χ1n) is 9.24. The number of ether oxygens (including phenoxy) is 1. The molecule has 2 aromatic carbocycles. The molecule has 0 aliphatic carbocycles. The number of sulfone groups is 1. The molecule has 0 aliphatic heterocycles. The third-order valence-electron chi connectivity index (χ3n) is 4.70. The molecule has 0 saturated heterocycles. The van der Waals surface area contributed by atoms with Gasteiger partial charge in [0.1, 0.15) is 22.6 Å². The van der Waals surface area contributed by atoms with E-state index in [4.69, 9.17) is 9.15 Å². The Labute approximate surface area is 174 Å². The second-order valence-corrected chi connectivity index (χ2v) is 8.92. The van der Waals surface area contributed by atoms with Crippen molar-refractivity contribution >= 4 is 15.7 Å². The molecule has 0 spiro atoms. The molecule has 0 aliphatic rings. The van der Waals surface area contributed by atoms with Gasteiger partial charge in [-0.25, -0.2) is 12.8 Å². The topological polar surface area (TPSA) is 85.6 Å². The number of hydrogen-bond donors (Lipinski definition) is 1. The lowest BCUT2D eigenvalue weighted by Gasteiger charge is -2.17. The lowest BCUT2D eigenvalue weighted by Crippen LogP contribution is -2.32. The molecule has 0 saturated carbocycles. The standard InChI is InChI=1S/C22H22FNO5S/c1-15-12-18(9-10-19(15)23)30(26,27)21(20-4-3-11-29-20)14-24-22(25)13-16-5-7-17(28-2)8-6-16/h3-12,21H,13-14H2,1-2H3,(H,24,25). The van der Waals surface area contributed by atoms with Gasteiger partial charge in [0.15, 0.2) is 9.84 Å². The van der Waals surface area contributed by atoms with E-state index in [2.05, 4.69) is 5.32 Å². The number of halogens is 1. The van der Waals surface area contributed by atoms with Crippen LogP contribution in [0.4, 0.5) is 4.39 Å². The summed E-state index contributed by atoms with van der Waals surface area (Å²) >= 11 is 0. The molecule has 1 heterocycles. The highest BCUT2D eigenvalue weighted by molar-refractivity contribution is 7.91. The van der Waals surface area contributed by atoms with E-state index in [0.717, 1.165) is 11.6 Å². The Bertz CT molecular complexity index is 1110. The number of furan rings is 1. The number of rotatable bonds is 8. The van der Waals surface area contributed by atoms with E-state index in [1.54, 1.807) is 37.4 Å². The molecule has 3 rings (SSSR count). The summed E-state index contributed by atoms with van der Waals surface area (Å²) in [6.07, 6.45) is 1.46. The lowest BCUT2D eigenvalue weighted by molar-refractivity contribution is -0.120. The van der Waals surface area contributed by atoms with E-state index < -0.39 is 20.9 Å². The molecule has 158 valence electrons. The lowest BCUT2D eigenvalue weighted by atomic mass is 10.1. The van der Waals surface area contributed by atoms with Gasteiger partial charge in [-0.1, -0.05) is 12.1 Å². The monoisotopic (exact) mass is 431 g/mol. The maximum absolute atomic E-state index is 13.6. The van der Waals surface area contributed by atoms with Gasteiger partial charge in [-0.3, -0.25) is 4.79 Å². The van der Waals surface area contributed by atoms with E-state index in [1.165, 1.54) is 31.4 Å². The first-order valence-corrected chi connectivity index (χ1v) is 10.8. The first kappa shape index (κ1) is 21.6. The van der Waals surface area contributed by atoms with Crippen molar-refractivity contribution in [2.24, 2.45) is 0 Å². The zero-order valence-corrected chi connectivity index (χ0v) is 17.4. The third-order valence-corrected chi connectivity index (χ3v) is 6.76. The molecule has 1 atom stereocenters. The van der Waals surface area contributed by atoms with Crippen LogP contribution in [0.1, 0.15) is 22.1 Å². The van der Waals surface area contributed by atoms with Crippen molar-refractivity contribution < 1.29 is 26.8 Å². The summed E-state index contributed by atoms with van der Waals surface area (Å²) in [5, 5.41) is 1.53. The molecular formula is C22H22FNO5S. The van der Waals surface area contributed by atoms with Gasteiger partial charge < -0.3 is 14.5 Å². The van der Waals surface area contributed by atoms with Crippen LogP contribution in [0, 0.1) is 12.7 Å². The Morgan fingerprint density at radius 2 is 1.90 bits per heavy atom. The van der Waals surface area contributed by atoms with Crippen molar-refractivity contribution in [2.45, 2.75) is 23.5 Å². The third kappa shape index (κ3) is 4.88. The van der Waals surface area contributed by atoms with Crippen LogP contribution in [0.3, 0.4) is 0 Å². The van der Waals surface area contributed by atoms with Crippen LogP contribution >= 0.6 is 0 Å². The molecule has 1 aromatic heterocycles. The van der Waals surface area contributed by atoms with Gasteiger partial charge in [0.2, 0.25) is 5.91 Å². The van der Waals surface area contributed by atoms with Gasteiger partial charge >= 0.3 is 0 Å². The fraction of sp³-hybridized carbons (Fsp3) is 0.227. The summed E-state index contributed by atoms with van der Waals surface area (Å²) in [5.41, 5.74) is 0.984. The van der Waals surface area contributed by atoms with Crippen LogP contribution in [0.2, 0.25) is 0 Å². The molecular weight excluding hydrogens is 409 g/mol. The average Bonchev–Trinajstić information content (AvgIpc) is 3.25. The SMILES string of the molecule is COc1ccc(CC(=O)NCC(c2ccco2)S(=O)(=O)c2ccc(F)c(C)c2)cc1. The highest BCUT2D eigenvalue weighted by Crippen LogP contribution is 2.30. The molecule has 1 N–H and O–H groups in total. The van der Waals surface area contributed by atoms with Crippen LogP contribution in [0.5, 0.6) is 5.75 Å². The Morgan fingerprint density at radius 1 is 1.17 bits per heavy atom. The molecule has 30 heavy (non-hydrogen) atoms. The van der Waals surface area contributed by atoms with E-state index in [-0.39, 0.29) is 35.1 Å². The predicted molar refractivity (Wildman–Crippen MR) is 109 cm³/mol. The smallest absolute Gasteiger partial charge is 0.224 e. The van der Waals surface area contributed by atoms with Crippen molar-refractivity contribution in [3.63, 3.8) is 0 Å². The summed E-state index contributed by atoms with van der Waals surface area (Å²) in [7, 11) is -2.38. The van der Waals surface area contributed by atoms with Crippen molar-refractivity contribution in [3.05, 3.63) is 83.6 Å². The molecule has 8 heteroatoms. The van der Waals surface area contributed by atoms with Crippen LogP contribution < -0.4 is 10.1 Å². The second-order valence-electron chi connectivity index (χ2n) is 6.79. The number of hydrogen-bond acceptors (Lipinski definition) is 5. The summed E-state index contributed by atoms with van der Waals surface area (Å²) in [6.45, 7) is 1.31. The molecule has 6 nitrogen and oxygen atoms in total. The molecule has 0 fully saturated rings. The Hall–Kier alpha value is -3.13. The van der Waals surface area contributed by atoms with Crippen LogP contribution in [0.25, 0.3) is 0 Å². The Morgan fingerprint density at radius 3 is 2.50 bits per heavy atom. The maximum Gasteiger partial charge on any atom is 0.224 e. The van der Waals surface area contributed by atoms with E-state index >= 15 is 0 Å². The highest BCUT2D eigenvalue weighted by Gasteiger charge is 2.32. The summed E-state index contributed by atoms with van der Waals surface area (Å²) in [4.78, 5) is 12.4. The second kappa shape index (κ2) is 9.13. The quantitative estimate of drug-likeness (QED) is 0.551. The van der Waals surface area contributed by atoms with Gasteiger partial charge in [-0.15, -0.1) is 0 Å². The minimum Gasteiger partial charge on any atom is -0.497 e. The molecule has 1 amide bonds. The molecule has 1 unspecified atom stereocenters. The largest absolute Gasteiger partial charge is 0.497 e. The van der Waals surface area contributed by atoms with Crippen LogP contribution in [-0.2, 0) is 21.1 Å². The van der Waals surface area contributed by atoms with Crippen molar-refractivity contribution in [1.82, 2.24) is 5.32 Å². The molecule has 3 aromatic rings. The number of amides is 1. The fourth-order valence-electron chi connectivity index (χ4n) is 2.99. The predicted octanol–water partition coefficient (Wildman–Crippen LogP) is 3.61. The van der Waals surface area contributed by atoms with Crippen LogP contribution in [0.15, 0.2) is 70.2 Å². The zero-order chi connectivity index (χ0) is 21.7. The fourth-order valence-corrected chi connectivity index (χ4v) is 4.66. The number of benzene rings is 2. The van der Waals surface area contributed by atoms with Crippen molar-refractivity contribution in [2.75, 3.05) is 13.7 Å². The van der Waals surface area contributed by atoms with Gasteiger partial charge in [-0.2, -0.15) is 0 Å². The van der Waals surface area contributed by atoms with Crippen LogP contribution in [-0.4, -0.2) is 28.0 Å². The normalized spacial score (nSPS) is 12.4. The maximum atomic E-state index is 13.6. The molecule has 0 radical (unpaired) electrons. The van der Waals surface area contributed by atoms with Gasteiger partial charge in [-0.05, 0) is 60.5 Å². The summed E-state index contributed by atoms with van der Waals surface area (Å²) in [6, 6.07) is 13.7. The van der Waals surface area contributed by atoms with E-state index in [9.17, 15) is 17.6 Å². The molecule has 0 bridgehead atoms. The van der Waals surface area contributed by atoms with E-state index in [0.29, 0.717) is 5.75 Å². The average molecular weight is 431 g/mol. The summed E-state index contributed by atoms with van der Waals surface area (Å²) in [5.74, 6) is 0.0537. The van der Waals surface area contributed by atoms with Gasteiger partial charge in [0, 0.05) is 6.54 Å². The number of aryl methyl sites for hydroxylation is 1. The van der Waals surface area contributed by atoms with Gasteiger partial charge in [0.25, 0.3) is 0 Å². The minimum absolute atomic E-state index is 0.0350. The summed E-state index contributed by atoms with van der Waals surface area (Å²) < 4.78 is 50.4. The zero-order valence-electron chi connectivity index (χ0n) is 16.6. The van der Waals surface area contributed by atoms with Crippen molar-refractivity contribution in [3.8, 4) is 5.75 Å². The number of carbonyl (C=O) groups is 1. The van der Waals surface area contributed by atoms with Crippen molar-refractivity contribution in [1.29, 1.82) is 0 Å². The highest BCUT2D eigenvalue weighted by atomic mass is 32.2. The van der Waals surface area contributed by atoms with Gasteiger partial charge in [0.05, 0.1) is 24.7 Å².